The summed E-state index contributed by atoms with van der Waals surface area (Å²) in [6, 6.07) is 14.8. The first-order valence-electron chi connectivity index (χ1n) is 11.0. The number of fused-ring (bicyclic) bond motifs is 1. The minimum Gasteiger partial charge on any atom is -0.497 e. The van der Waals surface area contributed by atoms with E-state index in [2.05, 4.69) is 9.88 Å². The summed E-state index contributed by atoms with van der Waals surface area (Å²) in [5, 5.41) is 1.06. The molecule has 0 saturated carbocycles. The lowest BCUT2D eigenvalue weighted by Crippen LogP contribution is -2.45. The minimum absolute atomic E-state index is 0.0732. The summed E-state index contributed by atoms with van der Waals surface area (Å²) in [7, 11) is 1.60. The highest BCUT2D eigenvalue weighted by Crippen LogP contribution is 2.40. The molecular formula is C25H28FN3O2. The van der Waals surface area contributed by atoms with Gasteiger partial charge in [-0.05, 0) is 56.1 Å². The van der Waals surface area contributed by atoms with Crippen LogP contribution in [0.1, 0.15) is 35.3 Å². The van der Waals surface area contributed by atoms with Crippen LogP contribution in [0.15, 0.2) is 48.5 Å². The molecule has 1 N–H and O–H groups in total. The summed E-state index contributed by atoms with van der Waals surface area (Å²) in [4.78, 5) is 20.7. The van der Waals surface area contributed by atoms with Gasteiger partial charge in [0.1, 0.15) is 17.3 Å². The summed E-state index contributed by atoms with van der Waals surface area (Å²) in [6.45, 7) is 3.95. The molecule has 0 aliphatic carbocycles. The minimum atomic E-state index is -0.192. The van der Waals surface area contributed by atoms with Gasteiger partial charge in [0.2, 0.25) is 0 Å². The number of rotatable bonds is 4. The number of benzene rings is 2. The Balaban J connectivity index is 1.28. The van der Waals surface area contributed by atoms with Gasteiger partial charge in [-0.15, -0.1) is 0 Å². The molecular weight excluding hydrogens is 393 g/mol. The number of H-pyrrole nitrogens is 1. The van der Waals surface area contributed by atoms with Gasteiger partial charge in [0.25, 0.3) is 5.91 Å². The fourth-order valence-corrected chi connectivity index (χ4v) is 5.29. The maximum absolute atomic E-state index is 14.3. The Morgan fingerprint density at radius 2 is 2.00 bits per heavy atom. The van der Waals surface area contributed by atoms with Crippen molar-refractivity contribution in [3.8, 4) is 5.75 Å². The van der Waals surface area contributed by atoms with Crippen molar-refractivity contribution in [3.05, 3.63) is 65.6 Å². The quantitative estimate of drug-likeness (QED) is 0.677. The Labute approximate surface area is 181 Å². The molecule has 5 rings (SSSR count). The number of aromatic amines is 1. The van der Waals surface area contributed by atoms with Gasteiger partial charge in [-0.2, -0.15) is 0 Å². The highest BCUT2D eigenvalue weighted by molar-refractivity contribution is 5.98. The molecule has 2 saturated heterocycles. The zero-order chi connectivity index (χ0) is 21.4. The maximum Gasteiger partial charge on any atom is 0.270 e. The molecule has 1 unspecified atom stereocenters. The monoisotopic (exact) mass is 421 g/mol. The molecule has 0 radical (unpaired) electrons. The predicted octanol–water partition coefficient (Wildman–Crippen LogP) is 4.44. The van der Waals surface area contributed by atoms with E-state index in [0.717, 1.165) is 56.3 Å². The Morgan fingerprint density at radius 1 is 1.13 bits per heavy atom. The highest BCUT2D eigenvalue weighted by Gasteiger charge is 2.43. The van der Waals surface area contributed by atoms with Crippen molar-refractivity contribution in [1.29, 1.82) is 0 Å². The van der Waals surface area contributed by atoms with Crippen LogP contribution in [0.25, 0.3) is 10.9 Å². The van der Waals surface area contributed by atoms with E-state index in [0.29, 0.717) is 23.6 Å². The van der Waals surface area contributed by atoms with E-state index in [4.69, 9.17) is 4.74 Å². The summed E-state index contributed by atoms with van der Waals surface area (Å²) in [5.74, 6) is 0.561. The standard InChI is InChI=1S/C25H28FN3O2/c1-31-20-7-8-21(26)19(13-20)15-28-11-4-9-25(16-28)10-12-29(17-25)24(30)23-14-18-5-2-3-6-22(18)27-23/h2-3,5-8,13-14,27H,4,9-12,15-17H2,1H3. The van der Waals surface area contributed by atoms with Crippen LogP contribution in [-0.4, -0.2) is 54.0 Å². The summed E-state index contributed by atoms with van der Waals surface area (Å²) >= 11 is 0. The van der Waals surface area contributed by atoms with Gasteiger partial charge in [0, 0.05) is 48.1 Å². The van der Waals surface area contributed by atoms with Crippen molar-refractivity contribution in [2.24, 2.45) is 5.41 Å². The van der Waals surface area contributed by atoms with Crippen LogP contribution in [0.3, 0.4) is 0 Å². The molecule has 3 aromatic rings. The van der Waals surface area contributed by atoms with Gasteiger partial charge in [-0.1, -0.05) is 18.2 Å². The molecule has 1 spiro atoms. The Kier molecular flexibility index (Phi) is 5.18. The number of nitrogens with one attached hydrogen (secondary N) is 1. The number of hydrogen-bond donors (Lipinski definition) is 1. The highest BCUT2D eigenvalue weighted by atomic mass is 19.1. The van der Waals surface area contributed by atoms with Crippen molar-refractivity contribution in [2.75, 3.05) is 33.3 Å². The van der Waals surface area contributed by atoms with Crippen molar-refractivity contribution in [3.63, 3.8) is 0 Å². The number of methoxy groups -OCH3 is 1. The smallest absolute Gasteiger partial charge is 0.270 e. The van der Waals surface area contributed by atoms with E-state index < -0.39 is 0 Å². The van der Waals surface area contributed by atoms with Gasteiger partial charge in [-0.3, -0.25) is 9.69 Å². The molecule has 5 nitrogen and oxygen atoms in total. The third-order valence-electron chi connectivity index (χ3n) is 6.87. The summed E-state index contributed by atoms with van der Waals surface area (Å²) < 4.78 is 19.6. The maximum atomic E-state index is 14.3. The third kappa shape index (κ3) is 3.92. The topological polar surface area (TPSA) is 48.6 Å². The fourth-order valence-electron chi connectivity index (χ4n) is 5.29. The number of halogens is 1. The van der Waals surface area contributed by atoms with E-state index in [1.165, 1.54) is 6.07 Å². The summed E-state index contributed by atoms with van der Waals surface area (Å²) in [6.07, 6.45) is 3.18. The number of piperidine rings is 1. The molecule has 2 aromatic carbocycles. The average Bonchev–Trinajstić information content (AvgIpc) is 3.39. The molecule has 31 heavy (non-hydrogen) atoms. The van der Waals surface area contributed by atoms with Crippen LogP contribution in [0.4, 0.5) is 4.39 Å². The Morgan fingerprint density at radius 3 is 2.84 bits per heavy atom. The molecule has 0 bridgehead atoms. The zero-order valence-electron chi connectivity index (χ0n) is 17.9. The first-order chi connectivity index (χ1) is 15.0. The van der Waals surface area contributed by atoms with Gasteiger partial charge >= 0.3 is 0 Å². The average molecular weight is 422 g/mol. The van der Waals surface area contributed by atoms with Crippen LogP contribution in [0, 0.1) is 11.2 Å². The lowest BCUT2D eigenvalue weighted by molar-refractivity contribution is 0.0669. The van der Waals surface area contributed by atoms with Crippen LogP contribution in [0.5, 0.6) is 5.75 Å². The van der Waals surface area contributed by atoms with E-state index in [-0.39, 0.29) is 17.1 Å². The number of likely N-dealkylation sites (tertiary alicyclic amines) is 2. The van der Waals surface area contributed by atoms with Crippen LogP contribution in [0.2, 0.25) is 0 Å². The van der Waals surface area contributed by atoms with E-state index in [1.54, 1.807) is 19.2 Å². The molecule has 3 heterocycles. The number of para-hydroxylation sites is 1. The van der Waals surface area contributed by atoms with Crippen molar-refractivity contribution >= 4 is 16.8 Å². The molecule has 1 atom stereocenters. The lowest BCUT2D eigenvalue weighted by Gasteiger charge is -2.40. The van der Waals surface area contributed by atoms with E-state index in [1.807, 2.05) is 35.2 Å². The number of aromatic nitrogens is 1. The SMILES string of the molecule is COc1ccc(F)c(CN2CCCC3(CCN(C(=O)c4cc5ccccc5[nH]4)C3)C2)c1. The molecule has 2 fully saturated rings. The van der Waals surface area contributed by atoms with E-state index in [9.17, 15) is 9.18 Å². The van der Waals surface area contributed by atoms with Gasteiger partial charge in [-0.25, -0.2) is 4.39 Å². The zero-order valence-corrected chi connectivity index (χ0v) is 17.9. The van der Waals surface area contributed by atoms with Gasteiger partial charge in [0.05, 0.1) is 7.11 Å². The predicted molar refractivity (Wildman–Crippen MR) is 119 cm³/mol. The van der Waals surface area contributed by atoms with Gasteiger partial charge in [0.15, 0.2) is 0 Å². The number of nitrogens with zero attached hydrogens (tertiary/aromatic N) is 2. The van der Waals surface area contributed by atoms with Crippen molar-refractivity contribution in [2.45, 2.75) is 25.8 Å². The molecule has 162 valence electrons. The second-order valence-corrected chi connectivity index (χ2v) is 9.02. The summed E-state index contributed by atoms with van der Waals surface area (Å²) in [5.41, 5.74) is 2.41. The van der Waals surface area contributed by atoms with Crippen LogP contribution in [-0.2, 0) is 6.54 Å². The second kappa shape index (κ2) is 8.00. The van der Waals surface area contributed by atoms with Crippen LogP contribution >= 0.6 is 0 Å². The normalized spacial score (nSPS) is 21.8. The number of amides is 1. The van der Waals surface area contributed by atoms with Crippen LogP contribution < -0.4 is 4.74 Å². The second-order valence-electron chi connectivity index (χ2n) is 9.02. The lowest BCUT2D eigenvalue weighted by atomic mass is 9.79. The molecule has 2 aliphatic rings. The Hall–Kier alpha value is -2.86. The molecule has 1 amide bonds. The first-order valence-corrected chi connectivity index (χ1v) is 11.0. The third-order valence-corrected chi connectivity index (χ3v) is 6.87. The molecule has 1 aromatic heterocycles. The molecule has 6 heteroatoms. The van der Waals surface area contributed by atoms with E-state index >= 15 is 0 Å². The van der Waals surface area contributed by atoms with Crippen molar-refractivity contribution < 1.29 is 13.9 Å². The number of hydrogen-bond acceptors (Lipinski definition) is 3. The largest absolute Gasteiger partial charge is 0.497 e. The number of carbonyl (C=O) groups excluding carboxylic acids is 1. The number of ether oxygens (including phenoxy) is 1. The molecule has 2 aliphatic heterocycles. The Bertz CT molecular complexity index is 1080. The van der Waals surface area contributed by atoms with Crippen molar-refractivity contribution in [1.82, 2.24) is 14.8 Å². The fraction of sp³-hybridized carbons (Fsp3) is 0.400. The first kappa shape index (κ1) is 20.1. The van der Waals surface area contributed by atoms with Gasteiger partial charge < -0.3 is 14.6 Å². The number of carbonyl (C=O) groups is 1.